The number of benzene rings is 6. The molecule has 43 heavy (non-hydrogen) atoms. The van der Waals surface area contributed by atoms with Crippen molar-refractivity contribution in [2.45, 2.75) is 26.4 Å². The number of ether oxygens (including phenoxy) is 2. The Morgan fingerprint density at radius 2 is 0.605 bits per heavy atom. The molecule has 0 spiro atoms. The summed E-state index contributed by atoms with van der Waals surface area (Å²) < 4.78 is 11.7. The van der Waals surface area contributed by atoms with Crippen LogP contribution in [0.3, 0.4) is 0 Å². The monoisotopic (exact) mass is 566 g/mol. The molecular weight excluding hydrogens is 528 g/mol. The van der Waals surface area contributed by atoms with Crippen molar-refractivity contribution in [2.24, 2.45) is 0 Å². The predicted octanol–water partition coefficient (Wildman–Crippen LogP) is 9.32. The Hall–Kier alpha value is -4.80. The topological polar surface area (TPSA) is 50.0 Å². The van der Waals surface area contributed by atoms with Crippen molar-refractivity contribution < 1.29 is 14.9 Å². The highest BCUT2D eigenvalue weighted by Crippen LogP contribution is 2.25. The van der Waals surface area contributed by atoms with E-state index in [1.54, 1.807) is 0 Å². The summed E-state index contributed by atoms with van der Waals surface area (Å²) in [6.07, 6.45) is 0. The van der Waals surface area contributed by atoms with Gasteiger partial charge in [0.25, 0.3) is 0 Å². The summed E-state index contributed by atoms with van der Waals surface area (Å²) in [5.41, 5.74) is 9.80. The molecule has 0 aromatic heterocycles. The lowest BCUT2D eigenvalue weighted by atomic mass is 10.0. The first-order valence-electron chi connectivity index (χ1n) is 14.4. The molecule has 0 radical (unpaired) electrons. The lowest BCUT2D eigenvalue weighted by molar-refractivity contribution is 0.107. The van der Waals surface area contributed by atoms with E-state index in [4.69, 9.17) is 9.47 Å². The summed E-state index contributed by atoms with van der Waals surface area (Å²) in [5.74, 6) is 0. The standard InChI is InChI=1S/2C20H18O.H2O/c2*1-3-9-17(10-4-1)15-21-16-19-13-7-8-14-20(19)18-11-5-2-6-12-18;/h2*1-14H,15-16H2;1H2. The molecule has 216 valence electrons. The highest BCUT2D eigenvalue weighted by molar-refractivity contribution is 5.67. The van der Waals surface area contributed by atoms with Crippen LogP contribution in [0.15, 0.2) is 170 Å². The largest absolute Gasteiger partial charge is 0.412 e. The Morgan fingerprint density at radius 3 is 0.977 bits per heavy atom. The van der Waals surface area contributed by atoms with Crippen LogP contribution in [0.5, 0.6) is 0 Å². The highest BCUT2D eigenvalue weighted by atomic mass is 16.5. The van der Waals surface area contributed by atoms with Crippen molar-refractivity contribution >= 4 is 0 Å². The van der Waals surface area contributed by atoms with Gasteiger partial charge in [-0.3, -0.25) is 0 Å². The van der Waals surface area contributed by atoms with Crippen molar-refractivity contribution in [3.63, 3.8) is 0 Å². The van der Waals surface area contributed by atoms with E-state index in [1.165, 1.54) is 44.5 Å². The van der Waals surface area contributed by atoms with Gasteiger partial charge in [-0.25, -0.2) is 0 Å². The average molecular weight is 567 g/mol. The Kier molecular flexibility index (Phi) is 12.5. The van der Waals surface area contributed by atoms with Crippen molar-refractivity contribution in [3.8, 4) is 22.3 Å². The van der Waals surface area contributed by atoms with Crippen LogP contribution in [0.2, 0.25) is 0 Å². The van der Waals surface area contributed by atoms with Gasteiger partial charge in [0.05, 0.1) is 26.4 Å². The molecule has 3 heteroatoms. The molecule has 0 fully saturated rings. The number of hydrogen-bond donors (Lipinski definition) is 0. The summed E-state index contributed by atoms with van der Waals surface area (Å²) in [4.78, 5) is 0. The maximum absolute atomic E-state index is 5.87. The zero-order valence-electron chi connectivity index (χ0n) is 24.3. The van der Waals surface area contributed by atoms with Crippen LogP contribution >= 0.6 is 0 Å². The summed E-state index contributed by atoms with van der Waals surface area (Å²) >= 11 is 0. The second-order valence-corrected chi connectivity index (χ2v) is 10.0. The third-order valence-corrected chi connectivity index (χ3v) is 6.94. The molecule has 6 rings (SSSR count). The van der Waals surface area contributed by atoms with Gasteiger partial charge in [-0.15, -0.1) is 0 Å². The van der Waals surface area contributed by atoms with E-state index in [1.807, 2.05) is 48.5 Å². The van der Waals surface area contributed by atoms with Crippen LogP contribution in [0.25, 0.3) is 22.3 Å². The lowest BCUT2D eigenvalue weighted by Gasteiger charge is -2.10. The van der Waals surface area contributed by atoms with E-state index < -0.39 is 0 Å². The Balaban J connectivity index is 0.000000192. The van der Waals surface area contributed by atoms with Crippen LogP contribution < -0.4 is 0 Å². The zero-order chi connectivity index (χ0) is 28.7. The maximum Gasteiger partial charge on any atom is 0.0727 e. The second-order valence-electron chi connectivity index (χ2n) is 10.0. The summed E-state index contributed by atoms with van der Waals surface area (Å²) in [7, 11) is 0. The molecule has 3 nitrogen and oxygen atoms in total. The maximum atomic E-state index is 5.87. The third-order valence-electron chi connectivity index (χ3n) is 6.94. The Labute approximate surface area is 255 Å². The van der Waals surface area contributed by atoms with Gasteiger partial charge >= 0.3 is 0 Å². The smallest absolute Gasteiger partial charge is 0.0727 e. The van der Waals surface area contributed by atoms with Gasteiger partial charge < -0.3 is 14.9 Å². The highest BCUT2D eigenvalue weighted by Gasteiger charge is 2.05. The molecule has 0 aliphatic carbocycles. The van der Waals surface area contributed by atoms with E-state index in [0.29, 0.717) is 26.4 Å². The fourth-order valence-corrected chi connectivity index (χ4v) is 4.80. The fourth-order valence-electron chi connectivity index (χ4n) is 4.80. The van der Waals surface area contributed by atoms with E-state index in [9.17, 15) is 0 Å². The van der Waals surface area contributed by atoms with Crippen LogP contribution in [-0.4, -0.2) is 5.48 Å². The molecular formula is C40H38O3. The van der Waals surface area contributed by atoms with Crippen LogP contribution in [0.1, 0.15) is 22.3 Å². The minimum Gasteiger partial charge on any atom is -0.412 e. The molecule has 0 heterocycles. The quantitative estimate of drug-likeness (QED) is 0.166. The molecule has 0 amide bonds. The molecule has 6 aromatic rings. The summed E-state index contributed by atoms with van der Waals surface area (Å²) in [5, 5.41) is 0. The molecule has 0 saturated carbocycles. The van der Waals surface area contributed by atoms with Gasteiger partial charge in [-0.05, 0) is 44.5 Å². The van der Waals surface area contributed by atoms with Crippen molar-refractivity contribution in [3.05, 3.63) is 192 Å². The van der Waals surface area contributed by atoms with Crippen LogP contribution in [-0.2, 0) is 35.9 Å². The van der Waals surface area contributed by atoms with Gasteiger partial charge in [0.15, 0.2) is 0 Å². The minimum absolute atomic E-state index is 0. The van der Waals surface area contributed by atoms with Gasteiger partial charge in [-0.1, -0.05) is 170 Å². The number of hydrogen-bond acceptors (Lipinski definition) is 2. The SMILES string of the molecule is O.c1ccc(COCc2ccccc2-c2ccccc2)cc1.c1ccc(COCc2ccccc2-c2ccccc2)cc1. The molecule has 0 unspecified atom stereocenters. The molecule has 0 saturated heterocycles. The van der Waals surface area contributed by atoms with Crippen LogP contribution in [0.4, 0.5) is 0 Å². The first kappa shape index (κ1) is 31.1. The molecule has 2 N–H and O–H groups in total. The van der Waals surface area contributed by atoms with Crippen molar-refractivity contribution in [1.29, 1.82) is 0 Å². The Morgan fingerprint density at radius 1 is 0.302 bits per heavy atom. The van der Waals surface area contributed by atoms with E-state index in [0.717, 1.165) is 0 Å². The van der Waals surface area contributed by atoms with E-state index >= 15 is 0 Å². The molecule has 0 atom stereocenters. The van der Waals surface area contributed by atoms with Gasteiger partial charge in [0.2, 0.25) is 0 Å². The lowest BCUT2D eigenvalue weighted by Crippen LogP contribution is -1.96. The molecule has 0 aliphatic heterocycles. The first-order chi connectivity index (χ1) is 20.9. The second kappa shape index (κ2) is 17.2. The van der Waals surface area contributed by atoms with Crippen molar-refractivity contribution in [2.75, 3.05) is 0 Å². The van der Waals surface area contributed by atoms with Gasteiger partial charge in [0, 0.05) is 0 Å². The van der Waals surface area contributed by atoms with Crippen molar-refractivity contribution in [1.82, 2.24) is 0 Å². The third kappa shape index (κ3) is 9.63. The number of rotatable bonds is 10. The molecule has 0 aliphatic rings. The molecule has 6 aromatic carbocycles. The normalized spacial score (nSPS) is 10.2. The summed E-state index contributed by atoms with van der Waals surface area (Å²) in [6, 6.07) is 58.3. The average Bonchev–Trinajstić information content (AvgIpc) is 3.07. The zero-order valence-corrected chi connectivity index (χ0v) is 24.3. The van der Waals surface area contributed by atoms with E-state index in [-0.39, 0.29) is 5.48 Å². The predicted molar refractivity (Wildman–Crippen MR) is 177 cm³/mol. The minimum atomic E-state index is 0. The molecule has 0 bridgehead atoms. The van der Waals surface area contributed by atoms with Gasteiger partial charge in [0.1, 0.15) is 0 Å². The van der Waals surface area contributed by atoms with E-state index in [2.05, 4.69) is 121 Å². The van der Waals surface area contributed by atoms with Crippen LogP contribution in [0, 0.1) is 0 Å². The summed E-state index contributed by atoms with van der Waals surface area (Å²) in [6.45, 7) is 2.54. The fraction of sp³-hybridized carbons (Fsp3) is 0.100. The Bertz CT molecular complexity index is 1480. The van der Waals surface area contributed by atoms with Gasteiger partial charge in [-0.2, -0.15) is 0 Å². The first-order valence-corrected chi connectivity index (χ1v) is 14.4.